The molecule has 0 fully saturated rings. The summed E-state index contributed by atoms with van der Waals surface area (Å²) in [5, 5.41) is 10.4. The minimum absolute atomic E-state index is 0.449. The van der Waals surface area contributed by atoms with E-state index in [2.05, 4.69) is 10.2 Å². The normalized spacial score (nSPS) is 11.6. The van der Waals surface area contributed by atoms with Gasteiger partial charge in [0, 0.05) is 17.5 Å². The average Bonchev–Trinajstić information content (AvgIpc) is 2.71. The van der Waals surface area contributed by atoms with E-state index < -0.39 is 0 Å². The van der Waals surface area contributed by atoms with Gasteiger partial charge in [-0.1, -0.05) is 41.4 Å². The van der Waals surface area contributed by atoms with Crippen LogP contribution in [0.5, 0.6) is 0 Å². The van der Waals surface area contributed by atoms with E-state index in [-0.39, 0.29) is 0 Å². The first kappa shape index (κ1) is 13.9. The lowest BCUT2D eigenvalue weighted by atomic mass is 10.2. The summed E-state index contributed by atoms with van der Waals surface area (Å²) in [6.45, 7) is 0. The number of azo groups is 1. The van der Waals surface area contributed by atoms with Gasteiger partial charge in [-0.05, 0) is 24.3 Å². The second kappa shape index (κ2) is 5.39. The Kier molecular flexibility index (Phi) is 3.57. The van der Waals surface area contributed by atoms with Gasteiger partial charge in [0.25, 0.3) is 0 Å². The minimum Gasteiger partial charge on any atom is -0.383 e. The van der Waals surface area contributed by atoms with Crippen molar-refractivity contribution in [3.63, 3.8) is 0 Å². The van der Waals surface area contributed by atoms with Crippen LogP contribution in [0.2, 0.25) is 10.0 Å². The maximum atomic E-state index is 6.10. The number of nitrogens with two attached hydrogens (primary N) is 1. The lowest BCUT2D eigenvalue weighted by Gasteiger charge is -1.98. The van der Waals surface area contributed by atoms with Crippen molar-refractivity contribution in [3.05, 3.63) is 52.5 Å². The Bertz CT molecular complexity index is 852. The third-order valence-corrected chi connectivity index (χ3v) is 3.83. The molecule has 0 radical (unpaired) electrons. The summed E-state index contributed by atoms with van der Waals surface area (Å²) in [7, 11) is 1.89. The summed E-state index contributed by atoms with van der Waals surface area (Å²) in [5.74, 6) is 0.560. The highest BCUT2D eigenvalue weighted by molar-refractivity contribution is 6.36. The summed E-state index contributed by atoms with van der Waals surface area (Å²) < 4.78 is 1.88. The summed E-state index contributed by atoms with van der Waals surface area (Å²) in [4.78, 5) is 0. The van der Waals surface area contributed by atoms with E-state index in [0.29, 0.717) is 27.2 Å². The van der Waals surface area contributed by atoms with Gasteiger partial charge >= 0.3 is 0 Å². The standard InChI is InChI=1S/C15H12Cl2N4/c1-21-13-5-3-2-4-10(13)14(15(21)18)20-19-12-7-6-9(16)8-11(12)17/h2-8H,18H2,1H3. The first-order valence-corrected chi connectivity index (χ1v) is 7.03. The molecule has 0 saturated heterocycles. The summed E-state index contributed by atoms with van der Waals surface area (Å²) in [5.41, 5.74) is 8.29. The molecular formula is C15H12Cl2N4. The lowest BCUT2D eigenvalue weighted by Crippen LogP contribution is -1.94. The van der Waals surface area contributed by atoms with Crippen LogP contribution in [0.4, 0.5) is 17.2 Å². The highest BCUT2D eigenvalue weighted by Gasteiger charge is 2.11. The molecule has 4 nitrogen and oxygen atoms in total. The van der Waals surface area contributed by atoms with Crippen LogP contribution >= 0.6 is 23.2 Å². The van der Waals surface area contributed by atoms with Crippen LogP contribution in [0.15, 0.2) is 52.7 Å². The van der Waals surface area contributed by atoms with Crippen LogP contribution in [-0.2, 0) is 7.05 Å². The number of benzene rings is 2. The molecule has 3 aromatic rings. The number of hydrogen-bond donors (Lipinski definition) is 1. The highest BCUT2D eigenvalue weighted by atomic mass is 35.5. The van der Waals surface area contributed by atoms with Crippen LogP contribution in [0.1, 0.15) is 0 Å². The predicted molar refractivity (Wildman–Crippen MR) is 88.0 cm³/mol. The van der Waals surface area contributed by atoms with Crippen molar-refractivity contribution in [3.8, 4) is 0 Å². The van der Waals surface area contributed by atoms with E-state index in [1.165, 1.54) is 0 Å². The van der Waals surface area contributed by atoms with Crippen LogP contribution in [-0.4, -0.2) is 4.57 Å². The minimum atomic E-state index is 0.449. The SMILES string of the molecule is Cn1c(N)c(N=Nc2ccc(Cl)cc2Cl)c2ccccc21. The fourth-order valence-electron chi connectivity index (χ4n) is 2.16. The highest BCUT2D eigenvalue weighted by Crippen LogP contribution is 2.37. The van der Waals surface area contributed by atoms with Crippen molar-refractivity contribution in [2.24, 2.45) is 17.3 Å². The van der Waals surface area contributed by atoms with E-state index in [1.807, 2.05) is 35.9 Å². The number of fused-ring (bicyclic) bond motifs is 1. The number of halogens is 2. The molecule has 0 aliphatic rings. The number of anilines is 1. The second-order valence-corrected chi connectivity index (χ2v) is 5.45. The van der Waals surface area contributed by atoms with E-state index >= 15 is 0 Å². The first-order chi connectivity index (χ1) is 10.1. The molecule has 1 aromatic heterocycles. The molecular weight excluding hydrogens is 307 g/mol. The van der Waals surface area contributed by atoms with Crippen molar-refractivity contribution in [1.29, 1.82) is 0 Å². The smallest absolute Gasteiger partial charge is 0.135 e. The molecule has 2 N–H and O–H groups in total. The van der Waals surface area contributed by atoms with E-state index in [9.17, 15) is 0 Å². The summed E-state index contributed by atoms with van der Waals surface area (Å²) >= 11 is 11.9. The van der Waals surface area contributed by atoms with Gasteiger partial charge in [0.1, 0.15) is 17.2 Å². The van der Waals surface area contributed by atoms with Gasteiger partial charge in [-0.15, -0.1) is 10.2 Å². The number of para-hydroxylation sites is 1. The molecule has 106 valence electrons. The fourth-order valence-corrected chi connectivity index (χ4v) is 2.61. The lowest BCUT2D eigenvalue weighted by molar-refractivity contribution is 0.981. The van der Waals surface area contributed by atoms with Crippen molar-refractivity contribution >= 4 is 51.3 Å². The van der Waals surface area contributed by atoms with E-state index in [4.69, 9.17) is 28.9 Å². The Morgan fingerprint density at radius 1 is 1.05 bits per heavy atom. The Balaban J connectivity index is 2.09. The molecule has 3 rings (SSSR count). The third kappa shape index (κ3) is 2.48. The number of hydrogen-bond acceptors (Lipinski definition) is 3. The van der Waals surface area contributed by atoms with E-state index in [0.717, 1.165) is 10.9 Å². The van der Waals surface area contributed by atoms with Gasteiger partial charge in [-0.3, -0.25) is 0 Å². The maximum Gasteiger partial charge on any atom is 0.135 e. The molecule has 2 aromatic carbocycles. The van der Waals surface area contributed by atoms with Crippen LogP contribution in [0.3, 0.4) is 0 Å². The molecule has 0 saturated carbocycles. The molecule has 0 atom stereocenters. The summed E-state index contributed by atoms with van der Waals surface area (Å²) in [6, 6.07) is 12.9. The largest absolute Gasteiger partial charge is 0.383 e. The topological polar surface area (TPSA) is 55.7 Å². The van der Waals surface area contributed by atoms with Gasteiger partial charge in [-0.25, -0.2) is 0 Å². The molecule has 0 aliphatic carbocycles. The van der Waals surface area contributed by atoms with Gasteiger partial charge in [0.05, 0.1) is 10.5 Å². The summed E-state index contributed by atoms with van der Waals surface area (Å²) in [6.07, 6.45) is 0. The Morgan fingerprint density at radius 3 is 2.57 bits per heavy atom. The van der Waals surface area contributed by atoms with Crippen molar-refractivity contribution in [2.75, 3.05) is 5.73 Å². The molecule has 0 spiro atoms. The Hall–Kier alpha value is -2.04. The number of aryl methyl sites for hydroxylation is 1. The van der Waals surface area contributed by atoms with Gasteiger partial charge < -0.3 is 10.3 Å². The first-order valence-electron chi connectivity index (χ1n) is 6.27. The van der Waals surface area contributed by atoms with Crippen LogP contribution < -0.4 is 5.73 Å². The van der Waals surface area contributed by atoms with E-state index in [1.54, 1.807) is 18.2 Å². The quantitative estimate of drug-likeness (QED) is 0.624. The monoisotopic (exact) mass is 318 g/mol. The van der Waals surface area contributed by atoms with Gasteiger partial charge in [0.15, 0.2) is 0 Å². The zero-order valence-corrected chi connectivity index (χ0v) is 12.7. The van der Waals surface area contributed by atoms with Crippen LogP contribution in [0, 0.1) is 0 Å². The molecule has 6 heteroatoms. The molecule has 0 bridgehead atoms. The number of rotatable bonds is 2. The zero-order valence-electron chi connectivity index (χ0n) is 11.2. The Morgan fingerprint density at radius 2 is 1.81 bits per heavy atom. The Labute approximate surface area is 131 Å². The predicted octanol–water partition coefficient (Wildman–Crippen LogP) is 5.48. The molecule has 21 heavy (non-hydrogen) atoms. The zero-order chi connectivity index (χ0) is 15.0. The van der Waals surface area contributed by atoms with Crippen molar-refractivity contribution in [2.45, 2.75) is 0 Å². The number of nitrogen functional groups attached to an aromatic ring is 1. The van der Waals surface area contributed by atoms with Crippen molar-refractivity contribution < 1.29 is 0 Å². The molecule has 0 aliphatic heterocycles. The van der Waals surface area contributed by atoms with Crippen LogP contribution in [0.25, 0.3) is 10.9 Å². The van der Waals surface area contributed by atoms with Crippen molar-refractivity contribution in [1.82, 2.24) is 4.57 Å². The third-order valence-electron chi connectivity index (χ3n) is 3.29. The number of aromatic nitrogens is 1. The van der Waals surface area contributed by atoms with Gasteiger partial charge in [-0.2, -0.15) is 0 Å². The molecule has 0 amide bonds. The fraction of sp³-hybridized carbons (Fsp3) is 0.0667. The maximum absolute atomic E-state index is 6.10. The number of nitrogens with zero attached hydrogens (tertiary/aromatic N) is 3. The molecule has 0 unspecified atom stereocenters. The molecule has 1 heterocycles. The second-order valence-electron chi connectivity index (χ2n) is 4.61. The van der Waals surface area contributed by atoms with Gasteiger partial charge in [0.2, 0.25) is 0 Å². The average molecular weight is 319 g/mol.